The number of anilines is 1. The van der Waals surface area contributed by atoms with Crippen molar-refractivity contribution in [3.8, 4) is 0 Å². The Labute approximate surface area is 120 Å². The van der Waals surface area contributed by atoms with Gasteiger partial charge in [-0.1, -0.05) is 0 Å². The molecule has 1 aromatic heterocycles. The van der Waals surface area contributed by atoms with Crippen LogP contribution in [0.15, 0.2) is 18.5 Å². The Kier molecular flexibility index (Phi) is 4.36. The van der Waals surface area contributed by atoms with Gasteiger partial charge in [-0.2, -0.15) is 0 Å². The molecule has 2 rings (SSSR count). The maximum Gasteiger partial charge on any atom is 0.337 e. The van der Waals surface area contributed by atoms with Gasteiger partial charge >= 0.3 is 12.0 Å². The summed E-state index contributed by atoms with van der Waals surface area (Å²) < 4.78 is 0. The molecule has 0 saturated carbocycles. The molecule has 1 atom stereocenters. The molecule has 2 heterocycles. The molecule has 1 saturated heterocycles. The number of aromatic carboxylic acids is 1. The van der Waals surface area contributed by atoms with Crippen LogP contribution in [0.2, 0.25) is 0 Å². The second kappa shape index (κ2) is 6.21. The first-order valence-electron chi connectivity index (χ1n) is 6.51. The van der Waals surface area contributed by atoms with Crippen LogP contribution in [0.3, 0.4) is 0 Å². The number of hydrogen-bond acceptors (Lipinski definition) is 4. The maximum absolute atomic E-state index is 12.2. The van der Waals surface area contributed by atoms with Crippen molar-refractivity contribution in [1.29, 1.82) is 0 Å². The summed E-state index contributed by atoms with van der Waals surface area (Å²) in [5.41, 5.74) is 5.33. The van der Waals surface area contributed by atoms with E-state index < -0.39 is 17.9 Å². The number of nitrogens with two attached hydrogens (primary N) is 1. The molecule has 8 nitrogen and oxygen atoms in total. The molecule has 4 N–H and O–H groups in total. The first-order valence-corrected chi connectivity index (χ1v) is 6.51. The Balaban J connectivity index is 2.08. The van der Waals surface area contributed by atoms with E-state index in [0.717, 1.165) is 0 Å². The molecule has 112 valence electrons. The molecule has 0 bridgehead atoms. The molecule has 1 unspecified atom stereocenters. The van der Waals surface area contributed by atoms with Crippen LogP contribution in [0, 0.1) is 5.92 Å². The molecule has 1 fully saturated rings. The third kappa shape index (κ3) is 3.47. The number of carbonyl (C=O) groups is 3. The van der Waals surface area contributed by atoms with Gasteiger partial charge in [0.25, 0.3) is 0 Å². The van der Waals surface area contributed by atoms with E-state index in [9.17, 15) is 14.4 Å². The molecule has 21 heavy (non-hydrogen) atoms. The summed E-state index contributed by atoms with van der Waals surface area (Å²) in [4.78, 5) is 39.6. The average molecular weight is 292 g/mol. The number of hydrogen-bond donors (Lipinski definition) is 3. The van der Waals surface area contributed by atoms with Crippen LogP contribution in [-0.2, 0) is 4.79 Å². The Morgan fingerprint density at radius 2 is 2.19 bits per heavy atom. The summed E-state index contributed by atoms with van der Waals surface area (Å²) in [5.74, 6) is -1.89. The number of carboxylic acids is 1. The van der Waals surface area contributed by atoms with Gasteiger partial charge in [0.05, 0.1) is 23.4 Å². The fourth-order valence-electron chi connectivity index (χ4n) is 2.31. The van der Waals surface area contributed by atoms with Crippen molar-refractivity contribution in [2.24, 2.45) is 11.7 Å². The van der Waals surface area contributed by atoms with Crippen molar-refractivity contribution in [2.75, 3.05) is 18.4 Å². The number of primary amides is 1. The minimum absolute atomic E-state index is 0.0269. The van der Waals surface area contributed by atoms with Crippen molar-refractivity contribution in [3.63, 3.8) is 0 Å². The SMILES string of the molecule is NC(=O)N1CCCC(C(=O)Nc2cnccc2C(=O)O)C1. The number of carbonyl (C=O) groups excluding carboxylic acids is 2. The molecular formula is C13H16N4O4. The van der Waals surface area contributed by atoms with Crippen LogP contribution in [0.25, 0.3) is 0 Å². The highest BCUT2D eigenvalue weighted by Gasteiger charge is 2.28. The number of aromatic nitrogens is 1. The zero-order valence-electron chi connectivity index (χ0n) is 11.3. The first kappa shape index (κ1) is 14.8. The normalized spacial score (nSPS) is 18.1. The van der Waals surface area contributed by atoms with Crippen LogP contribution in [0.4, 0.5) is 10.5 Å². The number of nitrogens with one attached hydrogen (secondary N) is 1. The number of nitrogens with zero attached hydrogens (tertiary/aromatic N) is 2. The van der Waals surface area contributed by atoms with Crippen molar-refractivity contribution in [2.45, 2.75) is 12.8 Å². The summed E-state index contributed by atoms with van der Waals surface area (Å²) in [6.45, 7) is 0.774. The van der Waals surface area contributed by atoms with Gasteiger partial charge in [0, 0.05) is 19.3 Å². The van der Waals surface area contributed by atoms with E-state index in [1.54, 1.807) is 0 Å². The zero-order chi connectivity index (χ0) is 15.4. The van der Waals surface area contributed by atoms with Gasteiger partial charge in [0.1, 0.15) is 0 Å². The minimum Gasteiger partial charge on any atom is -0.478 e. The molecule has 0 aromatic carbocycles. The molecule has 0 radical (unpaired) electrons. The van der Waals surface area contributed by atoms with Crippen LogP contribution >= 0.6 is 0 Å². The Hall–Kier alpha value is -2.64. The topological polar surface area (TPSA) is 126 Å². The second-order valence-corrected chi connectivity index (χ2v) is 4.84. The van der Waals surface area contributed by atoms with Gasteiger partial charge in [0.2, 0.25) is 5.91 Å². The van der Waals surface area contributed by atoms with Crippen molar-refractivity contribution in [1.82, 2.24) is 9.88 Å². The molecule has 3 amide bonds. The number of amides is 3. The van der Waals surface area contributed by atoms with E-state index in [1.807, 2.05) is 0 Å². The molecule has 1 aliphatic rings. The Morgan fingerprint density at radius 1 is 1.43 bits per heavy atom. The summed E-state index contributed by atoms with van der Waals surface area (Å²) in [6, 6.07) is 0.759. The molecule has 1 aromatic rings. The maximum atomic E-state index is 12.2. The predicted molar refractivity (Wildman–Crippen MR) is 73.7 cm³/mol. The number of piperidine rings is 1. The highest BCUT2D eigenvalue weighted by atomic mass is 16.4. The standard InChI is InChI=1S/C13H16N4O4/c14-13(21)17-5-1-2-8(7-17)11(18)16-10-6-15-4-3-9(10)12(19)20/h3-4,6,8H,1-2,5,7H2,(H2,14,21)(H,16,18)(H,19,20). The van der Waals surface area contributed by atoms with E-state index >= 15 is 0 Å². The third-order valence-corrected chi connectivity index (χ3v) is 3.41. The van der Waals surface area contributed by atoms with Crippen molar-refractivity contribution < 1.29 is 19.5 Å². The number of carboxylic acid groups (broad SMARTS) is 1. The lowest BCUT2D eigenvalue weighted by Crippen LogP contribution is -2.46. The second-order valence-electron chi connectivity index (χ2n) is 4.84. The smallest absolute Gasteiger partial charge is 0.337 e. The van der Waals surface area contributed by atoms with Crippen LogP contribution in [0.5, 0.6) is 0 Å². The van der Waals surface area contributed by atoms with Gasteiger partial charge in [-0.15, -0.1) is 0 Å². The monoisotopic (exact) mass is 292 g/mol. The average Bonchev–Trinajstić information content (AvgIpc) is 2.47. The Bertz CT molecular complexity index is 575. The van der Waals surface area contributed by atoms with Gasteiger partial charge in [-0.3, -0.25) is 9.78 Å². The van der Waals surface area contributed by atoms with E-state index in [0.29, 0.717) is 19.4 Å². The van der Waals surface area contributed by atoms with E-state index in [2.05, 4.69) is 10.3 Å². The van der Waals surface area contributed by atoms with Crippen LogP contribution in [0.1, 0.15) is 23.2 Å². The summed E-state index contributed by atoms with van der Waals surface area (Å²) in [6.07, 6.45) is 3.93. The van der Waals surface area contributed by atoms with Gasteiger partial charge in [0.15, 0.2) is 0 Å². The summed E-state index contributed by atoms with van der Waals surface area (Å²) in [7, 11) is 0. The number of pyridine rings is 1. The zero-order valence-corrected chi connectivity index (χ0v) is 11.3. The van der Waals surface area contributed by atoms with Gasteiger partial charge in [-0.25, -0.2) is 9.59 Å². The van der Waals surface area contributed by atoms with Gasteiger partial charge < -0.3 is 21.1 Å². The van der Waals surface area contributed by atoms with E-state index in [4.69, 9.17) is 10.8 Å². The highest BCUT2D eigenvalue weighted by molar-refractivity contribution is 6.01. The predicted octanol–water partition coefficient (Wildman–Crippen LogP) is 0.509. The molecule has 0 aliphatic carbocycles. The summed E-state index contributed by atoms with van der Waals surface area (Å²) >= 11 is 0. The van der Waals surface area contributed by atoms with E-state index in [1.165, 1.54) is 23.4 Å². The lowest BCUT2D eigenvalue weighted by atomic mass is 9.97. The fraction of sp³-hybridized carbons (Fsp3) is 0.385. The molecular weight excluding hydrogens is 276 g/mol. The Morgan fingerprint density at radius 3 is 2.86 bits per heavy atom. The third-order valence-electron chi connectivity index (χ3n) is 3.41. The largest absolute Gasteiger partial charge is 0.478 e. The number of urea groups is 1. The van der Waals surface area contributed by atoms with Gasteiger partial charge in [-0.05, 0) is 18.9 Å². The van der Waals surface area contributed by atoms with Crippen molar-refractivity contribution >= 4 is 23.6 Å². The summed E-state index contributed by atoms with van der Waals surface area (Å²) in [5, 5.41) is 11.6. The molecule has 1 aliphatic heterocycles. The quantitative estimate of drug-likeness (QED) is 0.748. The van der Waals surface area contributed by atoms with E-state index in [-0.39, 0.29) is 23.7 Å². The van der Waals surface area contributed by atoms with Crippen LogP contribution in [-0.4, -0.2) is 46.0 Å². The number of likely N-dealkylation sites (tertiary alicyclic amines) is 1. The lowest BCUT2D eigenvalue weighted by molar-refractivity contribution is -0.121. The molecule has 8 heteroatoms. The lowest BCUT2D eigenvalue weighted by Gasteiger charge is -2.30. The first-order chi connectivity index (χ1) is 9.99. The highest BCUT2D eigenvalue weighted by Crippen LogP contribution is 2.20. The van der Waals surface area contributed by atoms with Crippen molar-refractivity contribution in [3.05, 3.63) is 24.0 Å². The molecule has 0 spiro atoms. The number of rotatable bonds is 3. The minimum atomic E-state index is -1.14. The van der Waals surface area contributed by atoms with Crippen LogP contribution < -0.4 is 11.1 Å². The fourth-order valence-corrected chi connectivity index (χ4v) is 2.31.